The lowest BCUT2D eigenvalue weighted by Crippen LogP contribution is -2.51. The van der Waals surface area contributed by atoms with Crippen molar-refractivity contribution in [2.75, 3.05) is 6.61 Å². The summed E-state index contributed by atoms with van der Waals surface area (Å²) in [6, 6.07) is 7.93. The van der Waals surface area contributed by atoms with Crippen LogP contribution in [0.4, 0.5) is 4.79 Å². The average Bonchev–Trinajstić information content (AvgIpc) is 2.94. The van der Waals surface area contributed by atoms with E-state index in [1.165, 1.54) is 0 Å². The van der Waals surface area contributed by atoms with Crippen molar-refractivity contribution in [3.05, 3.63) is 46.3 Å². The quantitative estimate of drug-likeness (QED) is 0.468. The molecule has 1 aromatic carbocycles. The SMILES string of the molecule is CC(C)C1COC(=O)N1C(=O)C(N=[N+]=[N-])C(C)(C)c1ccccc1. The number of rotatable bonds is 5. The van der Waals surface area contributed by atoms with Crippen LogP contribution < -0.4 is 0 Å². The van der Waals surface area contributed by atoms with Crippen molar-refractivity contribution < 1.29 is 14.3 Å². The number of benzene rings is 1. The van der Waals surface area contributed by atoms with Crippen LogP contribution in [-0.4, -0.2) is 35.6 Å². The lowest BCUT2D eigenvalue weighted by molar-refractivity contribution is -0.132. The Hall–Kier alpha value is -2.53. The Morgan fingerprint density at radius 2 is 2.00 bits per heavy atom. The summed E-state index contributed by atoms with van der Waals surface area (Å²) >= 11 is 0. The largest absolute Gasteiger partial charge is 0.447 e. The predicted molar refractivity (Wildman–Crippen MR) is 89.2 cm³/mol. The molecule has 1 aliphatic heterocycles. The van der Waals surface area contributed by atoms with E-state index in [1.807, 2.05) is 58.0 Å². The molecule has 0 spiro atoms. The van der Waals surface area contributed by atoms with Gasteiger partial charge in [0.25, 0.3) is 0 Å². The minimum Gasteiger partial charge on any atom is -0.447 e. The van der Waals surface area contributed by atoms with Gasteiger partial charge >= 0.3 is 6.09 Å². The van der Waals surface area contributed by atoms with Crippen molar-refractivity contribution >= 4 is 12.0 Å². The minimum absolute atomic E-state index is 0.0481. The van der Waals surface area contributed by atoms with Crippen LogP contribution in [0.2, 0.25) is 0 Å². The van der Waals surface area contributed by atoms with Crippen LogP contribution >= 0.6 is 0 Å². The Kier molecular flexibility index (Phi) is 5.14. The van der Waals surface area contributed by atoms with Gasteiger partial charge < -0.3 is 4.74 Å². The molecule has 1 aromatic rings. The first-order valence-corrected chi connectivity index (χ1v) is 7.90. The molecule has 0 bridgehead atoms. The zero-order valence-corrected chi connectivity index (χ0v) is 14.3. The number of carbonyl (C=O) groups excluding carboxylic acids is 2. The molecule has 0 aromatic heterocycles. The Balaban J connectivity index is 2.42. The number of amides is 2. The second-order valence-corrected chi connectivity index (χ2v) is 6.79. The van der Waals surface area contributed by atoms with Gasteiger partial charge in [0.2, 0.25) is 5.91 Å². The van der Waals surface area contributed by atoms with Crippen molar-refractivity contribution in [1.29, 1.82) is 0 Å². The second kappa shape index (κ2) is 6.93. The van der Waals surface area contributed by atoms with Gasteiger partial charge in [-0.15, -0.1) is 0 Å². The summed E-state index contributed by atoms with van der Waals surface area (Å²) in [5, 5.41) is 3.73. The molecule has 0 N–H and O–H groups in total. The Labute approximate surface area is 141 Å². The first-order valence-electron chi connectivity index (χ1n) is 7.90. The number of hydrogen-bond acceptors (Lipinski definition) is 4. The smallest absolute Gasteiger partial charge is 0.416 e. The molecule has 1 fully saturated rings. The lowest BCUT2D eigenvalue weighted by atomic mass is 9.77. The third-order valence-corrected chi connectivity index (χ3v) is 4.52. The maximum atomic E-state index is 13.0. The molecule has 24 heavy (non-hydrogen) atoms. The highest BCUT2D eigenvalue weighted by Crippen LogP contribution is 2.32. The number of azide groups is 1. The van der Waals surface area contributed by atoms with E-state index in [0.29, 0.717) is 0 Å². The summed E-state index contributed by atoms with van der Waals surface area (Å²) in [6.07, 6.45) is -0.680. The predicted octanol–water partition coefficient (Wildman–Crippen LogP) is 3.65. The van der Waals surface area contributed by atoms with Crippen LogP contribution in [0.1, 0.15) is 33.3 Å². The van der Waals surface area contributed by atoms with Crippen LogP contribution in [0.25, 0.3) is 10.4 Å². The average molecular weight is 330 g/mol. The van der Waals surface area contributed by atoms with Crippen LogP contribution in [0.5, 0.6) is 0 Å². The lowest BCUT2D eigenvalue weighted by Gasteiger charge is -2.34. The van der Waals surface area contributed by atoms with E-state index in [1.54, 1.807) is 0 Å². The monoisotopic (exact) mass is 330 g/mol. The summed E-state index contributed by atoms with van der Waals surface area (Å²) in [5.74, 6) is -0.477. The van der Waals surface area contributed by atoms with Crippen LogP contribution in [0.15, 0.2) is 35.4 Å². The fraction of sp³-hybridized carbons (Fsp3) is 0.529. The van der Waals surface area contributed by atoms with Crippen molar-refractivity contribution in [3.8, 4) is 0 Å². The maximum absolute atomic E-state index is 13.0. The summed E-state index contributed by atoms with van der Waals surface area (Å²) in [7, 11) is 0. The molecule has 2 atom stereocenters. The van der Waals surface area contributed by atoms with Gasteiger partial charge in [0.05, 0.1) is 6.04 Å². The first-order chi connectivity index (χ1) is 11.3. The molecule has 1 saturated heterocycles. The molecular formula is C17H22N4O3. The molecule has 7 heteroatoms. The van der Waals surface area contributed by atoms with Gasteiger partial charge in [0, 0.05) is 10.3 Å². The van der Waals surface area contributed by atoms with Crippen LogP contribution in [-0.2, 0) is 14.9 Å². The molecule has 2 amide bonds. The number of nitrogens with zero attached hydrogens (tertiary/aromatic N) is 4. The van der Waals surface area contributed by atoms with E-state index in [9.17, 15) is 9.59 Å². The number of carbonyl (C=O) groups is 2. The normalized spacial score (nSPS) is 19.0. The van der Waals surface area contributed by atoms with Crippen molar-refractivity contribution in [2.45, 2.75) is 45.2 Å². The molecule has 0 saturated carbocycles. The van der Waals surface area contributed by atoms with Crippen LogP contribution in [0, 0.1) is 5.92 Å². The third-order valence-electron chi connectivity index (χ3n) is 4.52. The van der Waals surface area contributed by atoms with Gasteiger partial charge in [0.15, 0.2) is 0 Å². The Morgan fingerprint density at radius 1 is 1.38 bits per heavy atom. The van der Waals surface area contributed by atoms with Gasteiger partial charge in [-0.3, -0.25) is 4.79 Å². The Morgan fingerprint density at radius 3 is 2.54 bits per heavy atom. The fourth-order valence-corrected chi connectivity index (χ4v) is 2.89. The standard InChI is InChI=1S/C17H22N4O3/c1-11(2)13-10-24-16(23)21(13)15(22)14(19-20-18)17(3,4)12-8-6-5-7-9-12/h5-9,11,13-14H,10H2,1-4H3. The van der Waals surface area contributed by atoms with Gasteiger partial charge in [-0.25, -0.2) is 9.69 Å². The van der Waals surface area contributed by atoms with E-state index in [-0.39, 0.29) is 18.6 Å². The maximum Gasteiger partial charge on any atom is 0.416 e. The van der Waals surface area contributed by atoms with E-state index < -0.39 is 23.5 Å². The molecule has 0 radical (unpaired) electrons. The Bertz CT molecular complexity index is 666. The summed E-state index contributed by atoms with van der Waals surface area (Å²) in [4.78, 5) is 29.0. The van der Waals surface area contributed by atoms with E-state index in [2.05, 4.69) is 10.0 Å². The number of imide groups is 1. The zero-order chi connectivity index (χ0) is 17.9. The van der Waals surface area contributed by atoms with Gasteiger partial charge in [-0.1, -0.05) is 63.1 Å². The molecular weight excluding hydrogens is 308 g/mol. The van der Waals surface area contributed by atoms with Gasteiger partial charge in [-0.2, -0.15) is 0 Å². The summed E-state index contributed by atoms with van der Waals surface area (Å²) in [5.41, 5.74) is 9.03. The number of ether oxygens (including phenoxy) is 1. The summed E-state index contributed by atoms with van der Waals surface area (Å²) < 4.78 is 5.04. The highest BCUT2D eigenvalue weighted by Gasteiger charge is 2.46. The van der Waals surface area contributed by atoms with E-state index >= 15 is 0 Å². The van der Waals surface area contributed by atoms with Gasteiger partial charge in [-0.05, 0) is 17.0 Å². The molecule has 7 nitrogen and oxygen atoms in total. The first kappa shape index (κ1) is 17.8. The highest BCUT2D eigenvalue weighted by atomic mass is 16.6. The number of hydrogen-bond donors (Lipinski definition) is 0. The third kappa shape index (κ3) is 3.21. The minimum atomic E-state index is -1.04. The van der Waals surface area contributed by atoms with Crippen LogP contribution in [0.3, 0.4) is 0 Å². The van der Waals surface area contributed by atoms with Gasteiger partial charge in [0.1, 0.15) is 12.6 Å². The highest BCUT2D eigenvalue weighted by molar-refractivity contribution is 5.97. The molecule has 1 aliphatic rings. The number of cyclic esters (lactones) is 1. The van der Waals surface area contributed by atoms with Crippen molar-refractivity contribution in [1.82, 2.24) is 4.90 Å². The fourth-order valence-electron chi connectivity index (χ4n) is 2.89. The topological polar surface area (TPSA) is 95.4 Å². The molecule has 128 valence electrons. The second-order valence-electron chi connectivity index (χ2n) is 6.79. The molecule has 1 heterocycles. The van der Waals surface area contributed by atoms with E-state index in [4.69, 9.17) is 10.3 Å². The van der Waals surface area contributed by atoms with E-state index in [0.717, 1.165) is 10.5 Å². The molecule has 2 rings (SSSR count). The molecule has 2 unspecified atom stereocenters. The molecule has 0 aliphatic carbocycles. The van der Waals surface area contributed by atoms with Crippen molar-refractivity contribution in [2.24, 2.45) is 11.0 Å². The van der Waals surface area contributed by atoms with Crippen molar-refractivity contribution in [3.63, 3.8) is 0 Å². The zero-order valence-electron chi connectivity index (χ0n) is 14.3. The summed E-state index contributed by atoms with van der Waals surface area (Å²) in [6.45, 7) is 7.64.